The van der Waals surface area contributed by atoms with Crippen LogP contribution in [0.3, 0.4) is 0 Å². The van der Waals surface area contributed by atoms with Crippen LogP contribution >= 0.6 is 22.6 Å². The van der Waals surface area contributed by atoms with Gasteiger partial charge in [0.15, 0.2) is 0 Å². The molecule has 0 aliphatic carbocycles. The summed E-state index contributed by atoms with van der Waals surface area (Å²) in [4.78, 5) is 12.7. The van der Waals surface area contributed by atoms with Crippen LogP contribution < -0.4 is 9.84 Å². The van der Waals surface area contributed by atoms with E-state index in [1.54, 1.807) is 32.0 Å². The molecule has 2 aromatic rings. The molecule has 0 fully saturated rings. The number of carbonyl (C=O) groups excluding carboxylic acids is 1. The molecule has 140 valence electrons. The molecular formula is C17H18BrFNO4PS. The van der Waals surface area contributed by atoms with Gasteiger partial charge in [-0.15, -0.1) is 0 Å². The SMILES string of the molecule is CCOP(=S)(OCC)Oc1ccc(Br)cc1C(=O)Nc1ccc(F)cc1. The molecule has 2 rings (SSSR count). The molecule has 26 heavy (non-hydrogen) atoms. The summed E-state index contributed by atoms with van der Waals surface area (Å²) in [5, 5.41) is 2.69. The highest BCUT2D eigenvalue weighted by atomic mass is 79.9. The van der Waals surface area contributed by atoms with E-state index in [-0.39, 0.29) is 17.1 Å². The summed E-state index contributed by atoms with van der Waals surface area (Å²) < 4.78 is 30.4. The summed E-state index contributed by atoms with van der Waals surface area (Å²) in [6.07, 6.45) is 0. The van der Waals surface area contributed by atoms with Crippen molar-refractivity contribution in [1.82, 2.24) is 0 Å². The van der Waals surface area contributed by atoms with Gasteiger partial charge < -0.3 is 9.84 Å². The summed E-state index contributed by atoms with van der Waals surface area (Å²) in [7, 11) is 0. The maximum Gasteiger partial charge on any atom is 0.380 e. The molecule has 1 amide bonds. The van der Waals surface area contributed by atoms with Crippen LogP contribution in [0.5, 0.6) is 5.75 Å². The van der Waals surface area contributed by atoms with Gasteiger partial charge in [-0.25, -0.2) is 4.39 Å². The number of anilines is 1. The predicted octanol–water partition coefficient (Wildman–Crippen LogP) is 5.52. The van der Waals surface area contributed by atoms with E-state index in [1.807, 2.05) is 0 Å². The lowest BCUT2D eigenvalue weighted by atomic mass is 10.2. The molecule has 2 aromatic carbocycles. The Morgan fingerprint density at radius 3 is 2.35 bits per heavy atom. The summed E-state index contributed by atoms with van der Waals surface area (Å²) in [5.41, 5.74) is 0.703. The van der Waals surface area contributed by atoms with Crippen LogP contribution in [0.1, 0.15) is 24.2 Å². The van der Waals surface area contributed by atoms with Crippen molar-refractivity contribution in [2.45, 2.75) is 13.8 Å². The molecular weight excluding hydrogens is 444 g/mol. The van der Waals surface area contributed by atoms with Gasteiger partial charge in [-0.3, -0.25) is 13.8 Å². The molecule has 0 aliphatic heterocycles. The lowest BCUT2D eigenvalue weighted by molar-refractivity contribution is 0.102. The molecule has 0 bridgehead atoms. The van der Waals surface area contributed by atoms with Crippen LogP contribution in [0.25, 0.3) is 0 Å². The zero-order chi connectivity index (χ0) is 19.2. The third kappa shape index (κ3) is 5.86. The molecule has 0 aliphatic rings. The van der Waals surface area contributed by atoms with E-state index in [4.69, 9.17) is 25.4 Å². The fourth-order valence-electron chi connectivity index (χ4n) is 2.02. The maximum atomic E-state index is 13.0. The predicted molar refractivity (Wildman–Crippen MR) is 107 cm³/mol. The zero-order valence-electron chi connectivity index (χ0n) is 14.2. The van der Waals surface area contributed by atoms with Crippen LogP contribution in [-0.4, -0.2) is 19.1 Å². The largest absolute Gasteiger partial charge is 0.423 e. The number of halogens is 2. The van der Waals surface area contributed by atoms with Gasteiger partial charge in [0.2, 0.25) is 0 Å². The van der Waals surface area contributed by atoms with Crippen molar-refractivity contribution in [3.8, 4) is 5.75 Å². The van der Waals surface area contributed by atoms with E-state index in [1.165, 1.54) is 24.3 Å². The van der Waals surface area contributed by atoms with Crippen LogP contribution in [0.4, 0.5) is 10.1 Å². The van der Waals surface area contributed by atoms with Crippen molar-refractivity contribution in [2.75, 3.05) is 18.5 Å². The van der Waals surface area contributed by atoms with E-state index in [2.05, 4.69) is 21.2 Å². The van der Waals surface area contributed by atoms with E-state index in [0.29, 0.717) is 23.4 Å². The molecule has 0 radical (unpaired) electrons. The average Bonchev–Trinajstić information content (AvgIpc) is 2.59. The van der Waals surface area contributed by atoms with Crippen molar-refractivity contribution < 1.29 is 22.8 Å². The first kappa shape index (κ1) is 21.0. The quantitative estimate of drug-likeness (QED) is 0.524. The lowest BCUT2D eigenvalue weighted by Crippen LogP contribution is -2.14. The van der Waals surface area contributed by atoms with Crippen LogP contribution in [0.15, 0.2) is 46.9 Å². The highest BCUT2D eigenvalue weighted by Crippen LogP contribution is 2.50. The van der Waals surface area contributed by atoms with E-state index >= 15 is 0 Å². The molecule has 1 N–H and O–H groups in total. The Hall–Kier alpha value is -1.31. The van der Waals surface area contributed by atoms with Gasteiger partial charge in [0.05, 0.1) is 18.8 Å². The molecule has 0 heterocycles. The van der Waals surface area contributed by atoms with Crippen molar-refractivity contribution in [2.24, 2.45) is 0 Å². The summed E-state index contributed by atoms with van der Waals surface area (Å²) >= 11 is 8.70. The molecule has 0 saturated heterocycles. The first-order valence-corrected chi connectivity index (χ1v) is 11.2. The second-order valence-corrected chi connectivity index (χ2v) is 8.83. The van der Waals surface area contributed by atoms with E-state index in [9.17, 15) is 9.18 Å². The van der Waals surface area contributed by atoms with Gasteiger partial charge in [0.25, 0.3) is 5.91 Å². The van der Waals surface area contributed by atoms with Crippen LogP contribution in [-0.2, 0) is 20.9 Å². The van der Waals surface area contributed by atoms with Gasteiger partial charge in [0, 0.05) is 22.0 Å². The monoisotopic (exact) mass is 461 g/mol. The lowest BCUT2D eigenvalue weighted by Gasteiger charge is -2.22. The van der Waals surface area contributed by atoms with Gasteiger partial charge >= 0.3 is 6.72 Å². The Bertz CT molecular complexity index is 809. The normalized spacial score (nSPS) is 11.2. The fraction of sp³-hybridized carbons (Fsp3) is 0.235. The number of hydrogen-bond acceptors (Lipinski definition) is 5. The molecule has 0 aromatic heterocycles. The highest BCUT2D eigenvalue weighted by molar-refractivity contribution is 9.10. The second kappa shape index (κ2) is 9.58. The van der Waals surface area contributed by atoms with Gasteiger partial charge in [0.1, 0.15) is 11.6 Å². The molecule has 0 spiro atoms. The molecule has 5 nitrogen and oxygen atoms in total. The highest BCUT2D eigenvalue weighted by Gasteiger charge is 2.24. The number of carbonyl (C=O) groups is 1. The summed E-state index contributed by atoms with van der Waals surface area (Å²) in [5.74, 6) is -0.566. The smallest absolute Gasteiger partial charge is 0.380 e. The maximum absolute atomic E-state index is 13.0. The summed E-state index contributed by atoms with van der Waals surface area (Å²) in [6, 6.07) is 10.4. The topological polar surface area (TPSA) is 56.8 Å². The Kier molecular flexibility index (Phi) is 7.73. The number of rotatable bonds is 8. The fourth-order valence-corrected chi connectivity index (χ4v) is 4.46. The number of benzene rings is 2. The third-order valence-corrected chi connectivity index (χ3v) is 5.99. The minimum atomic E-state index is -3.02. The first-order chi connectivity index (χ1) is 12.4. The molecule has 0 unspecified atom stereocenters. The standard InChI is InChI=1S/C17H18BrFNO4PS/c1-3-22-25(26,23-4-2)24-16-10-5-12(18)11-15(16)17(21)20-14-8-6-13(19)7-9-14/h5-11H,3-4H2,1-2H3,(H,20,21). The van der Waals surface area contributed by atoms with Crippen LogP contribution in [0, 0.1) is 5.82 Å². The second-order valence-electron chi connectivity index (χ2n) is 4.98. The Morgan fingerprint density at radius 2 is 1.77 bits per heavy atom. The minimum absolute atomic E-state index is 0.248. The van der Waals surface area contributed by atoms with E-state index in [0.717, 1.165) is 0 Å². The van der Waals surface area contributed by atoms with Crippen molar-refractivity contribution in [1.29, 1.82) is 0 Å². The Balaban J connectivity index is 2.30. The molecule has 0 atom stereocenters. The Morgan fingerprint density at radius 1 is 1.15 bits per heavy atom. The van der Waals surface area contributed by atoms with E-state index < -0.39 is 12.6 Å². The van der Waals surface area contributed by atoms with Gasteiger partial charge in [-0.05, 0) is 56.3 Å². The van der Waals surface area contributed by atoms with Crippen molar-refractivity contribution >= 4 is 46.0 Å². The average molecular weight is 462 g/mol. The molecule has 9 heteroatoms. The van der Waals surface area contributed by atoms with Crippen LogP contribution in [0.2, 0.25) is 0 Å². The van der Waals surface area contributed by atoms with Crippen molar-refractivity contribution in [3.05, 3.63) is 58.3 Å². The number of nitrogens with one attached hydrogen (secondary N) is 1. The third-order valence-electron chi connectivity index (χ3n) is 3.07. The number of hydrogen-bond donors (Lipinski definition) is 1. The summed E-state index contributed by atoms with van der Waals surface area (Å²) in [6.45, 7) is 1.19. The Labute approximate surface area is 165 Å². The van der Waals surface area contributed by atoms with Gasteiger partial charge in [-0.1, -0.05) is 15.9 Å². The first-order valence-electron chi connectivity index (χ1n) is 7.82. The van der Waals surface area contributed by atoms with Gasteiger partial charge in [-0.2, -0.15) is 0 Å². The number of amides is 1. The molecule has 0 saturated carbocycles. The minimum Gasteiger partial charge on any atom is -0.423 e. The van der Waals surface area contributed by atoms with Crippen molar-refractivity contribution in [3.63, 3.8) is 0 Å². The zero-order valence-corrected chi connectivity index (χ0v) is 17.5.